The van der Waals surface area contributed by atoms with Gasteiger partial charge in [-0.2, -0.15) is 5.10 Å². The normalized spacial score (nSPS) is 10.7. The van der Waals surface area contributed by atoms with Crippen LogP contribution in [0.15, 0.2) is 66.3 Å². The second-order valence-electron chi connectivity index (χ2n) is 6.26. The van der Waals surface area contributed by atoms with Crippen LogP contribution in [0.3, 0.4) is 0 Å². The molecular formula is C21H18N4OS. The van der Waals surface area contributed by atoms with Crippen molar-refractivity contribution in [3.63, 3.8) is 0 Å². The minimum atomic E-state index is -0.222. The van der Waals surface area contributed by atoms with Crippen molar-refractivity contribution in [3.8, 4) is 16.9 Å². The quantitative estimate of drug-likeness (QED) is 0.555. The molecule has 0 saturated heterocycles. The van der Waals surface area contributed by atoms with Crippen LogP contribution in [0.25, 0.3) is 16.9 Å². The first-order valence-electron chi connectivity index (χ1n) is 8.55. The first kappa shape index (κ1) is 17.2. The molecular weight excluding hydrogens is 356 g/mol. The number of rotatable bonds is 4. The Labute approximate surface area is 161 Å². The summed E-state index contributed by atoms with van der Waals surface area (Å²) < 4.78 is 1.74. The lowest BCUT2D eigenvalue weighted by Gasteiger charge is -2.05. The number of aryl methyl sites for hydroxylation is 2. The molecule has 134 valence electrons. The molecule has 0 aliphatic rings. The van der Waals surface area contributed by atoms with Gasteiger partial charge in [-0.15, -0.1) is 11.3 Å². The summed E-state index contributed by atoms with van der Waals surface area (Å²) in [7, 11) is 0. The first-order valence-corrected chi connectivity index (χ1v) is 9.43. The molecule has 0 unspecified atom stereocenters. The minimum absolute atomic E-state index is 0.222. The average Bonchev–Trinajstić information content (AvgIpc) is 3.34. The van der Waals surface area contributed by atoms with Gasteiger partial charge in [-0.25, -0.2) is 9.67 Å². The van der Waals surface area contributed by atoms with Crippen molar-refractivity contribution >= 4 is 22.4 Å². The molecule has 2 aromatic carbocycles. The van der Waals surface area contributed by atoms with Gasteiger partial charge in [0.1, 0.15) is 5.69 Å². The SMILES string of the molecule is Cc1ccc(-c2nn(-c3ccccc3)cc2C(=O)Nc2nccs2)cc1C. The van der Waals surface area contributed by atoms with Crippen molar-refractivity contribution in [2.75, 3.05) is 5.32 Å². The highest BCUT2D eigenvalue weighted by Crippen LogP contribution is 2.27. The summed E-state index contributed by atoms with van der Waals surface area (Å²) in [6.07, 6.45) is 3.43. The second kappa shape index (κ2) is 7.17. The summed E-state index contributed by atoms with van der Waals surface area (Å²) in [5.74, 6) is -0.222. The van der Waals surface area contributed by atoms with E-state index >= 15 is 0 Å². The van der Waals surface area contributed by atoms with E-state index in [1.807, 2.05) is 41.8 Å². The summed E-state index contributed by atoms with van der Waals surface area (Å²) in [6.45, 7) is 4.13. The van der Waals surface area contributed by atoms with Crippen LogP contribution in [-0.2, 0) is 0 Å². The van der Waals surface area contributed by atoms with Crippen molar-refractivity contribution in [1.82, 2.24) is 14.8 Å². The fraction of sp³-hybridized carbons (Fsp3) is 0.0952. The van der Waals surface area contributed by atoms with Gasteiger partial charge in [0.15, 0.2) is 5.13 Å². The molecule has 5 nitrogen and oxygen atoms in total. The number of hydrogen-bond acceptors (Lipinski definition) is 4. The van der Waals surface area contributed by atoms with Gasteiger partial charge in [0, 0.05) is 23.3 Å². The van der Waals surface area contributed by atoms with Gasteiger partial charge in [0.05, 0.1) is 11.3 Å². The summed E-state index contributed by atoms with van der Waals surface area (Å²) >= 11 is 1.38. The maximum Gasteiger partial charge on any atom is 0.261 e. The van der Waals surface area contributed by atoms with Gasteiger partial charge < -0.3 is 0 Å². The Morgan fingerprint density at radius 3 is 2.59 bits per heavy atom. The maximum absolute atomic E-state index is 12.9. The summed E-state index contributed by atoms with van der Waals surface area (Å²) in [4.78, 5) is 17.0. The molecule has 0 atom stereocenters. The van der Waals surface area contributed by atoms with Gasteiger partial charge in [-0.05, 0) is 43.2 Å². The number of nitrogens with zero attached hydrogens (tertiary/aromatic N) is 3. The van der Waals surface area contributed by atoms with E-state index in [2.05, 4.69) is 36.3 Å². The van der Waals surface area contributed by atoms with Gasteiger partial charge in [-0.3, -0.25) is 10.1 Å². The molecule has 1 N–H and O–H groups in total. The van der Waals surface area contributed by atoms with Crippen molar-refractivity contribution in [1.29, 1.82) is 0 Å². The molecule has 27 heavy (non-hydrogen) atoms. The van der Waals surface area contributed by atoms with Crippen LogP contribution in [0.2, 0.25) is 0 Å². The maximum atomic E-state index is 12.9. The van der Waals surface area contributed by atoms with Crippen LogP contribution < -0.4 is 5.32 Å². The molecule has 1 amide bonds. The van der Waals surface area contributed by atoms with Crippen LogP contribution in [-0.4, -0.2) is 20.7 Å². The zero-order valence-electron chi connectivity index (χ0n) is 15.0. The molecule has 4 aromatic rings. The van der Waals surface area contributed by atoms with E-state index in [1.54, 1.807) is 17.1 Å². The Hall–Kier alpha value is -3.25. The van der Waals surface area contributed by atoms with E-state index in [0.717, 1.165) is 16.8 Å². The first-order chi connectivity index (χ1) is 13.1. The van der Waals surface area contributed by atoms with Crippen LogP contribution in [0.1, 0.15) is 21.5 Å². The Morgan fingerprint density at radius 1 is 1.07 bits per heavy atom. The van der Waals surface area contributed by atoms with E-state index in [1.165, 1.54) is 16.9 Å². The number of para-hydroxylation sites is 1. The molecule has 4 rings (SSSR count). The average molecular weight is 374 g/mol. The van der Waals surface area contributed by atoms with Crippen LogP contribution >= 0.6 is 11.3 Å². The van der Waals surface area contributed by atoms with Crippen LogP contribution in [0, 0.1) is 13.8 Å². The fourth-order valence-electron chi connectivity index (χ4n) is 2.80. The molecule has 2 heterocycles. The van der Waals surface area contributed by atoms with Crippen molar-refractivity contribution < 1.29 is 4.79 Å². The fourth-order valence-corrected chi connectivity index (χ4v) is 3.33. The van der Waals surface area contributed by atoms with Crippen molar-refractivity contribution in [2.45, 2.75) is 13.8 Å². The lowest BCUT2D eigenvalue weighted by Crippen LogP contribution is -2.12. The molecule has 0 radical (unpaired) electrons. The summed E-state index contributed by atoms with van der Waals surface area (Å²) in [6, 6.07) is 15.9. The predicted octanol–water partition coefficient (Wildman–Crippen LogP) is 4.86. The minimum Gasteiger partial charge on any atom is -0.298 e. The van der Waals surface area contributed by atoms with Crippen LogP contribution in [0.5, 0.6) is 0 Å². The standard InChI is InChI=1S/C21H18N4OS/c1-14-8-9-16(12-15(14)2)19-18(20(26)23-21-22-10-11-27-21)13-25(24-19)17-6-4-3-5-7-17/h3-13H,1-2H3,(H,22,23,26). The van der Waals surface area contributed by atoms with Gasteiger partial charge in [-0.1, -0.05) is 30.3 Å². The number of aromatic nitrogens is 3. The highest BCUT2D eigenvalue weighted by Gasteiger charge is 2.19. The third kappa shape index (κ3) is 3.52. The van der Waals surface area contributed by atoms with E-state index in [4.69, 9.17) is 5.10 Å². The lowest BCUT2D eigenvalue weighted by molar-refractivity contribution is 0.102. The van der Waals surface area contributed by atoms with Gasteiger partial charge in [0.25, 0.3) is 5.91 Å². The third-order valence-corrected chi connectivity index (χ3v) is 5.10. The smallest absolute Gasteiger partial charge is 0.261 e. The summed E-state index contributed by atoms with van der Waals surface area (Å²) in [5, 5.41) is 9.96. The number of amides is 1. The highest BCUT2D eigenvalue weighted by atomic mass is 32.1. The number of carbonyl (C=O) groups excluding carboxylic acids is 1. The van der Waals surface area contributed by atoms with Gasteiger partial charge in [0.2, 0.25) is 0 Å². The van der Waals surface area contributed by atoms with E-state index < -0.39 is 0 Å². The largest absolute Gasteiger partial charge is 0.298 e. The topological polar surface area (TPSA) is 59.8 Å². The van der Waals surface area contributed by atoms with E-state index in [9.17, 15) is 4.79 Å². The Bertz CT molecular complexity index is 1080. The Kier molecular flexibility index (Phi) is 4.56. The van der Waals surface area contributed by atoms with Crippen LogP contribution in [0.4, 0.5) is 5.13 Å². The van der Waals surface area contributed by atoms with E-state index in [-0.39, 0.29) is 5.91 Å². The predicted molar refractivity (Wildman–Crippen MR) is 109 cm³/mol. The van der Waals surface area contributed by atoms with E-state index in [0.29, 0.717) is 16.4 Å². The third-order valence-electron chi connectivity index (χ3n) is 4.41. The Morgan fingerprint density at radius 2 is 1.89 bits per heavy atom. The molecule has 0 aliphatic carbocycles. The number of carbonyl (C=O) groups is 1. The number of benzene rings is 2. The zero-order chi connectivity index (χ0) is 18.8. The molecule has 0 bridgehead atoms. The van der Waals surface area contributed by atoms with Crippen molar-refractivity contribution in [3.05, 3.63) is 83.0 Å². The molecule has 6 heteroatoms. The zero-order valence-corrected chi connectivity index (χ0v) is 15.8. The molecule has 0 aliphatic heterocycles. The monoisotopic (exact) mass is 374 g/mol. The van der Waals surface area contributed by atoms with Crippen molar-refractivity contribution in [2.24, 2.45) is 0 Å². The highest BCUT2D eigenvalue weighted by molar-refractivity contribution is 7.13. The molecule has 0 saturated carbocycles. The van der Waals surface area contributed by atoms with Gasteiger partial charge >= 0.3 is 0 Å². The lowest BCUT2D eigenvalue weighted by atomic mass is 10.0. The molecule has 0 fully saturated rings. The number of thiazole rings is 1. The molecule has 2 aromatic heterocycles. The number of hydrogen-bond donors (Lipinski definition) is 1. The second-order valence-corrected chi connectivity index (χ2v) is 7.16. The number of anilines is 1. The molecule has 0 spiro atoms. The number of nitrogens with one attached hydrogen (secondary N) is 1. The summed E-state index contributed by atoms with van der Waals surface area (Å²) in [5.41, 5.74) is 5.34. The Balaban J connectivity index is 1.81.